The monoisotopic (exact) mass is 288 g/mol. The van der Waals surface area contributed by atoms with Crippen molar-refractivity contribution in [3.63, 3.8) is 0 Å². The lowest BCUT2D eigenvalue weighted by Crippen LogP contribution is -2.27. The summed E-state index contributed by atoms with van der Waals surface area (Å²) in [6.45, 7) is 4.80. The molecule has 0 amide bonds. The third kappa shape index (κ3) is 2.16. The summed E-state index contributed by atoms with van der Waals surface area (Å²) in [5.74, 6) is 0. The Labute approximate surface area is 120 Å². The number of hydrogen-bond donors (Lipinski definition) is 0. The van der Waals surface area contributed by atoms with Crippen LogP contribution in [0.3, 0.4) is 0 Å². The molecule has 1 atom stereocenters. The topological polar surface area (TPSA) is 52.7 Å². The van der Waals surface area contributed by atoms with Crippen molar-refractivity contribution in [3.05, 3.63) is 46.3 Å². The summed E-state index contributed by atoms with van der Waals surface area (Å²) >= 11 is 1.48. The fraction of sp³-hybridized carbons (Fsp3) is 0.357. The van der Waals surface area contributed by atoms with Crippen molar-refractivity contribution in [2.24, 2.45) is 0 Å². The van der Waals surface area contributed by atoms with Crippen LogP contribution in [0.5, 0.6) is 0 Å². The summed E-state index contributed by atoms with van der Waals surface area (Å²) < 4.78 is 4.48. The molecule has 20 heavy (non-hydrogen) atoms. The van der Waals surface area contributed by atoms with Gasteiger partial charge in [-0.3, -0.25) is 9.36 Å². The molecule has 104 valence electrons. The van der Waals surface area contributed by atoms with Gasteiger partial charge in [0.25, 0.3) is 5.56 Å². The smallest absolute Gasteiger partial charge is 0.271 e. The highest BCUT2D eigenvalue weighted by Gasteiger charge is 2.15. The standard InChI is InChI=1S/C14H16N4OS/c1-3-11(6-17-5-4-15-8-17)18-9-16-12-10(2)7-20-13(12)14(18)19/h4-5,7-9,11H,3,6H2,1-2H3/t11-/m0/s1. The van der Waals surface area contributed by atoms with E-state index in [0.29, 0.717) is 0 Å². The number of nitrogens with zero attached hydrogens (tertiary/aromatic N) is 4. The predicted octanol–water partition coefficient (Wildman–Crippen LogP) is 2.61. The van der Waals surface area contributed by atoms with E-state index in [1.165, 1.54) is 11.3 Å². The molecule has 3 rings (SSSR count). The third-order valence-electron chi connectivity index (χ3n) is 3.53. The van der Waals surface area contributed by atoms with Gasteiger partial charge >= 0.3 is 0 Å². The van der Waals surface area contributed by atoms with Crippen molar-refractivity contribution in [2.75, 3.05) is 0 Å². The van der Waals surface area contributed by atoms with E-state index in [2.05, 4.69) is 16.9 Å². The van der Waals surface area contributed by atoms with Crippen LogP contribution < -0.4 is 5.56 Å². The van der Waals surface area contributed by atoms with Gasteiger partial charge in [-0.1, -0.05) is 6.92 Å². The van der Waals surface area contributed by atoms with Gasteiger partial charge in [0, 0.05) is 18.9 Å². The Bertz CT molecular complexity index is 772. The summed E-state index contributed by atoms with van der Waals surface area (Å²) in [5, 5.41) is 1.99. The van der Waals surface area contributed by atoms with Crippen LogP contribution in [0.4, 0.5) is 0 Å². The Morgan fingerprint density at radius 2 is 2.25 bits per heavy atom. The SMILES string of the molecule is CC[C@@H](Cn1ccnc1)n1cnc2c(C)csc2c1=O. The molecular weight excluding hydrogens is 272 g/mol. The van der Waals surface area contributed by atoms with Gasteiger partial charge in [0.05, 0.1) is 24.2 Å². The van der Waals surface area contributed by atoms with Crippen LogP contribution in [0.1, 0.15) is 24.9 Å². The number of thiophene rings is 1. The number of aromatic nitrogens is 4. The molecule has 0 bridgehead atoms. The molecule has 0 fully saturated rings. The van der Waals surface area contributed by atoms with Crippen LogP contribution in [0, 0.1) is 6.92 Å². The van der Waals surface area contributed by atoms with E-state index in [1.54, 1.807) is 23.4 Å². The van der Waals surface area contributed by atoms with E-state index in [0.717, 1.165) is 28.7 Å². The van der Waals surface area contributed by atoms with Crippen LogP contribution >= 0.6 is 11.3 Å². The Balaban J connectivity index is 2.03. The molecule has 3 aromatic rings. The first-order valence-corrected chi connectivity index (χ1v) is 7.49. The highest BCUT2D eigenvalue weighted by molar-refractivity contribution is 7.17. The molecule has 0 aromatic carbocycles. The number of fused-ring (bicyclic) bond motifs is 1. The molecule has 0 saturated heterocycles. The summed E-state index contributed by atoms with van der Waals surface area (Å²) in [5.41, 5.74) is 1.95. The number of aryl methyl sites for hydroxylation is 1. The minimum atomic E-state index is 0.0556. The van der Waals surface area contributed by atoms with Crippen LogP contribution in [-0.4, -0.2) is 19.1 Å². The zero-order chi connectivity index (χ0) is 14.1. The fourth-order valence-electron chi connectivity index (χ4n) is 2.35. The summed E-state index contributed by atoms with van der Waals surface area (Å²) in [6, 6.07) is 0.0935. The van der Waals surface area contributed by atoms with Gasteiger partial charge in [-0.05, 0) is 24.3 Å². The van der Waals surface area contributed by atoms with Gasteiger partial charge in [-0.15, -0.1) is 11.3 Å². The Hall–Kier alpha value is -1.95. The molecule has 0 aliphatic carbocycles. The minimum absolute atomic E-state index is 0.0556. The molecule has 0 N–H and O–H groups in total. The largest absolute Gasteiger partial charge is 0.335 e. The van der Waals surface area contributed by atoms with Crippen molar-refractivity contribution < 1.29 is 0 Å². The molecule has 0 unspecified atom stereocenters. The van der Waals surface area contributed by atoms with Crippen molar-refractivity contribution in [2.45, 2.75) is 32.9 Å². The van der Waals surface area contributed by atoms with E-state index < -0.39 is 0 Å². The van der Waals surface area contributed by atoms with Gasteiger partial charge in [0.15, 0.2) is 0 Å². The zero-order valence-corrected chi connectivity index (χ0v) is 12.3. The van der Waals surface area contributed by atoms with Gasteiger partial charge in [0.1, 0.15) is 4.70 Å². The fourth-order valence-corrected chi connectivity index (χ4v) is 3.29. The van der Waals surface area contributed by atoms with Crippen molar-refractivity contribution >= 4 is 21.6 Å². The first-order valence-electron chi connectivity index (χ1n) is 6.61. The Morgan fingerprint density at radius 1 is 1.40 bits per heavy atom. The maximum Gasteiger partial charge on any atom is 0.271 e. The molecule has 3 heterocycles. The number of hydrogen-bond acceptors (Lipinski definition) is 4. The Kier molecular flexibility index (Phi) is 3.40. The summed E-state index contributed by atoms with van der Waals surface area (Å²) in [4.78, 5) is 21.1. The number of rotatable bonds is 4. The molecule has 3 aromatic heterocycles. The van der Waals surface area contributed by atoms with E-state index in [4.69, 9.17) is 0 Å². The quantitative estimate of drug-likeness (QED) is 0.741. The van der Waals surface area contributed by atoms with E-state index >= 15 is 0 Å². The van der Waals surface area contributed by atoms with E-state index in [1.807, 2.05) is 23.1 Å². The molecule has 0 aliphatic rings. The molecule has 6 heteroatoms. The normalized spacial score (nSPS) is 12.9. The third-order valence-corrected chi connectivity index (χ3v) is 4.60. The molecule has 0 aliphatic heterocycles. The van der Waals surface area contributed by atoms with E-state index in [-0.39, 0.29) is 11.6 Å². The lowest BCUT2D eigenvalue weighted by atomic mass is 10.2. The van der Waals surface area contributed by atoms with Gasteiger partial charge < -0.3 is 4.57 Å². The van der Waals surface area contributed by atoms with Gasteiger partial charge in [0.2, 0.25) is 0 Å². The number of imidazole rings is 1. The molecule has 0 spiro atoms. The van der Waals surface area contributed by atoms with Crippen molar-refractivity contribution in [1.82, 2.24) is 19.1 Å². The lowest BCUT2D eigenvalue weighted by molar-refractivity contribution is 0.406. The van der Waals surface area contributed by atoms with Crippen LogP contribution in [0.15, 0.2) is 35.2 Å². The molecule has 0 radical (unpaired) electrons. The van der Waals surface area contributed by atoms with Crippen molar-refractivity contribution in [1.29, 1.82) is 0 Å². The average Bonchev–Trinajstić information content (AvgIpc) is 3.08. The second kappa shape index (κ2) is 5.20. The van der Waals surface area contributed by atoms with Crippen molar-refractivity contribution in [3.8, 4) is 0 Å². The second-order valence-electron chi connectivity index (χ2n) is 4.87. The summed E-state index contributed by atoms with van der Waals surface area (Å²) in [7, 11) is 0. The second-order valence-corrected chi connectivity index (χ2v) is 5.75. The van der Waals surface area contributed by atoms with Crippen LogP contribution in [0.2, 0.25) is 0 Å². The van der Waals surface area contributed by atoms with Gasteiger partial charge in [-0.25, -0.2) is 9.97 Å². The maximum atomic E-state index is 12.6. The highest BCUT2D eigenvalue weighted by Crippen LogP contribution is 2.21. The van der Waals surface area contributed by atoms with E-state index in [9.17, 15) is 4.79 Å². The maximum absolute atomic E-state index is 12.6. The Morgan fingerprint density at radius 3 is 2.95 bits per heavy atom. The highest BCUT2D eigenvalue weighted by atomic mass is 32.1. The predicted molar refractivity (Wildman–Crippen MR) is 80.2 cm³/mol. The zero-order valence-electron chi connectivity index (χ0n) is 11.5. The minimum Gasteiger partial charge on any atom is -0.335 e. The lowest BCUT2D eigenvalue weighted by Gasteiger charge is -2.18. The summed E-state index contributed by atoms with van der Waals surface area (Å²) in [6.07, 6.45) is 7.98. The van der Waals surface area contributed by atoms with Gasteiger partial charge in [-0.2, -0.15) is 0 Å². The average molecular weight is 288 g/mol. The van der Waals surface area contributed by atoms with Crippen LogP contribution in [0.25, 0.3) is 10.2 Å². The molecule has 0 saturated carbocycles. The first kappa shape index (κ1) is 13.1. The molecule has 5 nitrogen and oxygen atoms in total. The van der Waals surface area contributed by atoms with Crippen LogP contribution in [-0.2, 0) is 6.54 Å². The molecular formula is C14H16N4OS. The first-order chi connectivity index (χ1) is 9.70.